The summed E-state index contributed by atoms with van der Waals surface area (Å²) in [4.78, 5) is 13.3. The Kier molecular flexibility index (Phi) is 5.02. The van der Waals surface area contributed by atoms with Gasteiger partial charge in [0.25, 0.3) is 0 Å². The van der Waals surface area contributed by atoms with E-state index in [-0.39, 0.29) is 20.4 Å². The SMILES string of the molecule is COc1ccc(NC(=O)C2(c3ccc4c(c3)OCO4)CC2)cc1-c1ccc(S(N)(=O)=O)cc1.[HH].[HH]. The number of anilines is 1. The molecule has 3 N–H and O–H groups in total. The fourth-order valence-electron chi connectivity index (χ4n) is 4.05. The number of carbonyl (C=O) groups is 1. The third-order valence-electron chi connectivity index (χ3n) is 6.06. The van der Waals surface area contributed by atoms with E-state index in [1.165, 1.54) is 12.1 Å². The molecule has 1 heterocycles. The highest BCUT2D eigenvalue weighted by Gasteiger charge is 2.51. The summed E-state index contributed by atoms with van der Waals surface area (Å²) < 4.78 is 39.4. The van der Waals surface area contributed by atoms with Crippen molar-refractivity contribution in [3.8, 4) is 28.4 Å². The monoisotopic (exact) mass is 470 g/mol. The van der Waals surface area contributed by atoms with Gasteiger partial charge < -0.3 is 19.5 Å². The Morgan fingerprint density at radius 1 is 1.03 bits per heavy atom. The summed E-state index contributed by atoms with van der Waals surface area (Å²) in [5.41, 5.74) is 2.35. The molecule has 1 aliphatic carbocycles. The first-order chi connectivity index (χ1) is 15.8. The first-order valence-corrected chi connectivity index (χ1v) is 11.9. The number of amides is 1. The number of rotatable bonds is 6. The Labute approximate surface area is 194 Å². The molecular weight excluding hydrogens is 444 g/mol. The number of ether oxygens (including phenoxy) is 3. The van der Waals surface area contributed by atoms with Crippen LogP contribution in [0.2, 0.25) is 0 Å². The number of nitrogens with two attached hydrogens (primary N) is 1. The summed E-state index contributed by atoms with van der Waals surface area (Å²) >= 11 is 0. The molecule has 8 nitrogen and oxygen atoms in total. The lowest BCUT2D eigenvalue weighted by atomic mass is 9.94. The van der Waals surface area contributed by atoms with Gasteiger partial charge in [-0.15, -0.1) is 0 Å². The van der Waals surface area contributed by atoms with Crippen molar-refractivity contribution < 1.29 is 30.3 Å². The standard InChI is InChI=1S/C24H22N2O6S.2H2/c1-30-20-9-5-17(13-19(20)15-2-6-18(7-3-15)33(25,28)29)26-23(27)24(10-11-24)16-4-8-21-22(12-16)32-14-31-21;;/h2-9,12-13H,10-11,14H2,1H3,(H,26,27)(H2,25,28,29);2*1H. The minimum Gasteiger partial charge on any atom is -0.496 e. The van der Waals surface area contributed by atoms with Gasteiger partial charge in [-0.25, -0.2) is 13.6 Å². The Morgan fingerprint density at radius 3 is 2.42 bits per heavy atom. The number of carbonyl (C=O) groups excluding carboxylic acids is 1. The molecule has 5 rings (SSSR count). The van der Waals surface area contributed by atoms with Crippen LogP contribution in [0.15, 0.2) is 65.6 Å². The van der Waals surface area contributed by atoms with Crippen LogP contribution in [0, 0.1) is 0 Å². The van der Waals surface area contributed by atoms with Gasteiger partial charge in [-0.3, -0.25) is 4.79 Å². The number of fused-ring (bicyclic) bond motifs is 1. The van der Waals surface area contributed by atoms with E-state index in [0.29, 0.717) is 28.5 Å². The number of benzene rings is 3. The van der Waals surface area contributed by atoms with Crippen molar-refractivity contribution in [2.75, 3.05) is 19.2 Å². The van der Waals surface area contributed by atoms with Crippen molar-refractivity contribution in [3.63, 3.8) is 0 Å². The van der Waals surface area contributed by atoms with Crippen molar-refractivity contribution in [2.24, 2.45) is 5.14 Å². The van der Waals surface area contributed by atoms with Crippen LogP contribution in [0.4, 0.5) is 5.69 Å². The van der Waals surface area contributed by atoms with Crippen LogP contribution in [0.3, 0.4) is 0 Å². The zero-order chi connectivity index (χ0) is 23.2. The van der Waals surface area contributed by atoms with Gasteiger partial charge in [-0.05, 0) is 66.4 Å². The quantitative estimate of drug-likeness (QED) is 0.564. The van der Waals surface area contributed by atoms with Crippen LogP contribution in [-0.4, -0.2) is 28.2 Å². The first-order valence-electron chi connectivity index (χ1n) is 10.3. The largest absolute Gasteiger partial charge is 0.496 e. The van der Waals surface area contributed by atoms with Crippen LogP contribution >= 0.6 is 0 Å². The van der Waals surface area contributed by atoms with Crippen LogP contribution in [0.25, 0.3) is 11.1 Å². The highest BCUT2D eigenvalue weighted by molar-refractivity contribution is 7.89. The lowest BCUT2D eigenvalue weighted by Gasteiger charge is -2.18. The number of hydrogen-bond acceptors (Lipinski definition) is 6. The molecule has 9 heteroatoms. The van der Waals surface area contributed by atoms with Crippen molar-refractivity contribution >= 4 is 21.6 Å². The molecule has 33 heavy (non-hydrogen) atoms. The van der Waals surface area contributed by atoms with Crippen LogP contribution in [0.5, 0.6) is 17.2 Å². The molecule has 0 unspecified atom stereocenters. The smallest absolute Gasteiger partial charge is 0.238 e. The molecule has 0 bridgehead atoms. The van der Waals surface area contributed by atoms with Gasteiger partial charge in [0.1, 0.15) is 5.75 Å². The summed E-state index contributed by atoms with van der Waals surface area (Å²) in [6.45, 7) is 0.185. The van der Waals surface area contributed by atoms with E-state index in [0.717, 1.165) is 24.0 Å². The highest BCUT2D eigenvalue weighted by Crippen LogP contribution is 2.51. The molecule has 0 aromatic heterocycles. The van der Waals surface area contributed by atoms with Crippen molar-refractivity contribution in [1.82, 2.24) is 0 Å². The van der Waals surface area contributed by atoms with E-state index in [1.807, 2.05) is 18.2 Å². The van der Waals surface area contributed by atoms with Gasteiger partial charge in [0.05, 0.1) is 17.4 Å². The molecule has 1 saturated carbocycles. The third-order valence-corrected chi connectivity index (χ3v) is 6.99. The molecule has 174 valence electrons. The molecule has 0 atom stereocenters. The molecule has 0 radical (unpaired) electrons. The summed E-state index contributed by atoms with van der Waals surface area (Å²) in [6.07, 6.45) is 1.49. The molecule has 3 aromatic rings. The Morgan fingerprint density at radius 2 is 1.76 bits per heavy atom. The van der Waals surface area contributed by atoms with Gasteiger partial charge in [0.15, 0.2) is 11.5 Å². The van der Waals surface area contributed by atoms with E-state index in [4.69, 9.17) is 19.3 Å². The third kappa shape index (κ3) is 3.90. The maximum Gasteiger partial charge on any atom is 0.238 e. The molecule has 1 aliphatic heterocycles. The normalized spacial score (nSPS) is 15.7. The average Bonchev–Trinajstić information content (AvgIpc) is 3.49. The van der Waals surface area contributed by atoms with Gasteiger partial charge >= 0.3 is 0 Å². The lowest BCUT2D eigenvalue weighted by Crippen LogP contribution is -2.27. The summed E-state index contributed by atoms with van der Waals surface area (Å²) in [7, 11) is -2.24. The van der Waals surface area contributed by atoms with Crippen LogP contribution < -0.4 is 24.7 Å². The van der Waals surface area contributed by atoms with Crippen molar-refractivity contribution in [3.05, 3.63) is 66.2 Å². The predicted octanol–water partition coefficient (Wildman–Crippen LogP) is 3.90. The Hall–Kier alpha value is -3.56. The maximum atomic E-state index is 13.3. The predicted molar refractivity (Wildman–Crippen MR) is 126 cm³/mol. The minimum absolute atomic E-state index is 0. The minimum atomic E-state index is -3.79. The van der Waals surface area contributed by atoms with E-state index < -0.39 is 15.4 Å². The Bertz CT molecular complexity index is 1360. The summed E-state index contributed by atoms with van der Waals surface area (Å²) in [5.74, 6) is 1.83. The number of sulfonamides is 1. The summed E-state index contributed by atoms with van der Waals surface area (Å²) in [5, 5.41) is 8.22. The molecule has 1 fully saturated rings. The van der Waals surface area contributed by atoms with Gasteiger partial charge in [0.2, 0.25) is 22.7 Å². The van der Waals surface area contributed by atoms with E-state index in [1.54, 1.807) is 37.4 Å². The lowest BCUT2D eigenvalue weighted by molar-refractivity contribution is -0.118. The summed E-state index contributed by atoms with van der Waals surface area (Å²) in [6, 6.07) is 17.1. The fourth-order valence-corrected chi connectivity index (χ4v) is 4.57. The van der Waals surface area contributed by atoms with Crippen molar-refractivity contribution in [1.29, 1.82) is 0 Å². The molecule has 3 aromatic carbocycles. The number of hydrogen-bond donors (Lipinski definition) is 2. The van der Waals surface area contributed by atoms with Crippen LogP contribution in [0.1, 0.15) is 21.3 Å². The zero-order valence-corrected chi connectivity index (χ0v) is 18.6. The zero-order valence-electron chi connectivity index (χ0n) is 17.8. The molecule has 2 aliphatic rings. The number of methoxy groups -OCH3 is 1. The van der Waals surface area contributed by atoms with Crippen molar-refractivity contribution in [2.45, 2.75) is 23.2 Å². The Balaban J connectivity index is 0.00000171. The second kappa shape index (κ2) is 7.79. The molecule has 0 spiro atoms. The van der Waals surface area contributed by atoms with Gasteiger partial charge in [0, 0.05) is 14.1 Å². The van der Waals surface area contributed by atoms with Gasteiger partial charge in [-0.2, -0.15) is 0 Å². The highest BCUT2D eigenvalue weighted by atomic mass is 32.2. The van der Waals surface area contributed by atoms with E-state index in [2.05, 4.69) is 5.32 Å². The average molecular weight is 471 g/mol. The van der Waals surface area contributed by atoms with Gasteiger partial charge in [-0.1, -0.05) is 18.2 Å². The molecular formula is C24H26N2O6S. The van der Waals surface area contributed by atoms with E-state index in [9.17, 15) is 13.2 Å². The fraction of sp³-hybridized carbons (Fsp3) is 0.208. The molecule has 1 amide bonds. The van der Waals surface area contributed by atoms with E-state index >= 15 is 0 Å². The number of primary sulfonamides is 1. The maximum absolute atomic E-state index is 13.3. The second-order valence-corrected chi connectivity index (χ2v) is 9.65. The van der Waals surface area contributed by atoms with Crippen LogP contribution in [-0.2, 0) is 20.2 Å². The molecule has 0 saturated heterocycles. The number of nitrogens with one attached hydrogen (secondary N) is 1. The second-order valence-electron chi connectivity index (χ2n) is 8.09. The topological polar surface area (TPSA) is 117 Å². The first kappa shape index (κ1) is 21.3.